The molecule has 1 unspecified atom stereocenters. The second-order valence-electron chi connectivity index (χ2n) is 3.66. The van der Waals surface area contributed by atoms with E-state index in [0.29, 0.717) is 12.3 Å². The number of amidine groups is 1. The molecule has 0 radical (unpaired) electrons. The number of carbonyl (C=O) groups excluding carboxylic acids is 1. The van der Waals surface area contributed by atoms with Crippen LogP contribution in [0.15, 0.2) is 4.99 Å². The van der Waals surface area contributed by atoms with Gasteiger partial charge < -0.3 is 0 Å². The maximum Gasteiger partial charge on any atom is 0.228 e. The van der Waals surface area contributed by atoms with Crippen molar-refractivity contribution < 1.29 is 4.79 Å². The van der Waals surface area contributed by atoms with Crippen LogP contribution in [0.25, 0.3) is 0 Å². The molecule has 3 nitrogen and oxygen atoms in total. The Balaban J connectivity index is 2.03. The van der Waals surface area contributed by atoms with Gasteiger partial charge in [-0.15, -0.1) is 0 Å². The molecule has 0 saturated carbocycles. The molecular weight excluding hydrogens is 184 g/mol. The van der Waals surface area contributed by atoms with Gasteiger partial charge in [-0.3, -0.25) is 14.7 Å². The number of nitrogens with zero attached hydrogens (tertiary/aromatic N) is 2. The molecule has 0 bridgehead atoms. The number of rotatable bonds is 0. The molecule has 0 aromatic carbocycles. The molecule has 2 rings (SSSR count). The number of thioether (sulfide) groups is 1. The molecule has 0 spiro atoms. The van der Waals surface area contributed by atoms with E-state index >= 15 is 0 Å². The highest BCUT2D eigenvalue weighted by molar-refractivity contribution is 8.14. The van der Waals surface area contributed by atoms with Gasteiger partial charge >= 0.3 is 0 Å². The van der Waals surface area contributed by atoms with Crippen molar-refractivity contribution in [3.8, 4) is 0 Å². The molecule has 0 aromatic rings. The average Bonchev–Trinajstić information content (AvgIpc) is 2.56. The fourth-order valence-corrected chi connectivity index (χ4v) is 2.57. The summed E-state index contributed by atoms with van der Waals surface area (Å²) < 4.78 is 0. The third-order valence-electron chi connectivity index (χ3n) is 2.47. The van der Waals surface area contributed by atoms with Crippen LogP contribution in [0, 0.1) is 5.92 Å². The topological polar surface area (TPSA) is 32.7 Å². The van der Waals surface area contributed by atoms with E-state index in [2.05, 4.69) is 11.9 Å². The van der Waals surface area contributed by atoms with Gasteiger partial charge in [0.2, 0.25) is 5.91 Å². The number of hydrogen-bond acceptors (Lipinski definition) is 3. The van der Waals surface area contributed by atoms with Crippen molar-refractivity contribution in [2.45, 2.75) is 19.8 Å². The Morgan fingerprint density at radius 1 is 1.62 bits per heavy atom. The summed E-state index contributed by atoms with van der Waals surface area (Å²) in [4.78, 5) is 17.8. The van der Waals surface area contributed by atoms with Crippen LogP contribution in [0.2, 0.25) is 0 Å². The summed E-state index contributed by atoms with van der Waals surface area (Å²) in [6.07, 6.45) is 1.81. The van der Waals surface area contributed by atoms with Crippen molar-refractivity contribution in [1.82, 2.24) is 4.90 Å². The Hall–Kier alpha value is -0.510. The smallest absolute Gasteiger partial charge is 0.228 e. The summed E-state index contributed by atoms with van der Waals surface area (Å²) in [6.45, 7) is 3.88. The molecular formula is C9H14N2OS. The largest absolute Gasteiger partial charge is 0.292 e. The number of hydrogen-bond donors (Lipinski definition) is 0. The summed E-state index contributed by atoms with van der Waals surface area (Å²) in [5.41, 5.74) is 0. The third-order valence-corrected chi connectivity index (χ3v) is 3.46. The molecule has 1 amide bonds. The fourth-order valence-electron chi connectivity index (χ4n) is 1.67. The van der Waals surface area contributed by atoms with E-state index in [1.165, 1.54) is 0 Å². The van der Waals surface area contributed by atoms with Gasteiger partial charge in [0.05, 0.1) is 6.54 Å². The van der Waals surface area contributed by atoms with Crippen LogP contribution >= 0.6 is 11.8 Å². The van der Waals surface area contributed by atoms with Gasteiger partial charge in [0, 0.05) is 18.7 Å². The first-order chi connectivity index (χ1) is 6.27. The minimum atomic E-state index is 0.256. The Morgan fingerprint density at radius 2 is 2.46 bits per heavy atom. The molecule has 1 atom stereocenters. The van der Waals surface area contributed by atoms with Gasteiger partial charge in [-0.1, -0.05) is 18.7 Å². The van der Waals surface area contributed by atoms with Crippen LogP contribution in [0.5, 0.6) is 0 Å². The lowest BCUT2D eigenvalue weighted by molar-refractivity contribution is -0.130. The minimum absolute atomic E-state index is 0.256. The molecule has 2 heterocycles. The van der Waals surface area contributed by atoms with Gasteiger partial charge in [0.25, 0.3) is 0 Å². The SMILES string of the molecule is CC1CCN(C2=NCCS2)C(=O)C1. The fraction of sp³-hybridized carbons (Fsp3) is 0.778. The molecule has 0 aliphatic carbocycles. The Kier molecular flexibility index (Phi) is 2.58. The highest BCUT2D eigenvalue weighted by Crippen LogP contribution is 2.23. The molecule has 72 valence electrons. The van der Waals surface area contributed by atoms with E-state index in [1.54, 1.807) is 11.8 Å². The first-order valence-corrected chi connectivity index (χ1v) is 5.73. The van der Waals surface area contributed by atoms with Crippen molar-refractivity contribution in [3.05, 3.63) is 0 Å². The monoisotopic (exact) mass is 198 g/mol. The van der Waals surface area contributed by atoms with E-state index in [4.69, 9.17) is 0 Å². The average molecular weight is 198 g/mol. The van der Waals surface area contributed by atoms with Crippen LogP contribution in [0.4, 0.5) is 0 Å². The van der Waals surface area contributed by atoms with E-state index in [1.807, 2.05) is 4.90 Å². The van der Waals surface area contributed by atoms with Gasteiger partial charge in [-0.25, -0.2) is 0 Å². The summed E-state index contributed by atoms with van der Waals surface area (Å²) in [7, 11) is 0. The number of carbonyl (C=O) groups is 1. The van der Waals surface area contributed by atoms with Gasteiger partial charge in [-0.05, 0) is 12.3 Å². The molecule has 4 heteroatoms. The molecule has 0 aromatic heterocycles. The van der Waals surface area contributed by atoms with Crippen LogP contribution in [-0.4, -0.2) is 34.8 Å². The van der Waals surface area contributed by atoms with Gasteiger partial charge in [0.1, 0.15) is 0 Å². The normalized spacial score (nSPS) is 29.3. The number of aliphatic imine (C=N–C) groups is 1. The predicted molar refractivity (Wildman–Crippen MR) is 54.9 cm³/mol. The summed E-state index contributed by atoms with van der Waals surface area (Å²) in [5.74, 6) is 1.84. The third kappa shape index (κ3) is 1.88. The van der Waals surface area contributed by atoms with Crippen LogP contribution < -0.4 is 0 Å². The molecule has 2 aliphatic heterocycles. The molecule has 13 heavy (non-hydrogen) atoms. The van der Waals surface area contributed by atoms with Crippen molar-refractivity contribution in [1.29, 1.82) is 0 Å². The first-order valence-electron chi connectivity index (χ1n) is 4.75. The maximum atomic E-state index is 11.6. The van der Waals surface area contributed by atoms with Crippen molar-refractivity contribution in [2.24, 2.45) is 10.9 Å². The highest BCUT2D eigenvalue weighted by Gasteiger charge is 2.27. The Bertz CT molecular complexity index is 252. The predicted octanol–water partition coefficient (Wildman–Crippen LogP) is 1.35. The Morgan fingerprint density at radius 3 is 3.08 bits per heavy atom. The van der Waals surface area contributed by atoms with Crippen LogP contribution in [0.1, 0.15) is 19.8 Å². The molecule has 1 fully saturated rings. The van der Waals surface area contributed by atoms with Crippen molar-refractivity contribution in [2.75, 3.05) is 18.8 Å². The quantitative estimate of drug-likeness (QED) is 0.588. The van der Waals surface area contributed by atoms with E-state index in [-0.39, 0.29) is 5.91 Å². The Labute approximate surface area is 82.6 Å². The zero-order valence-corrected chi connectivity index (χ0v) is 8.64. The summed E-state index contributed by atoms with van der Waals surface area (Å²) in [6, 6.07) is 0. The second kappa shape index (κ2) is 3.70. The number of piperidine rings is 1. The summed E-state index contributed by atoms with van der Waals surface area (Å²) in [5, 5.41) is 0.955. The first kappa shape index (κ1) is 9.06. The van der Waals surface area contributed by atoms with E-state index in [9.17, 15) is 4.79 Å². The van der Waals surface area contributed by atoms with Crippen LogP contribution in [-0.2, 0) is 4.79 Å². The lowest BCUT2D eigenvalue weighted by atomic mass is 9.99. The lowest BCUT2D eigenvalue weighted by Gasteiger charge is -2.29. The number of likely N-dealkylation sites (tertiary alicyclic amines) is 1. The van der Waals surface area contributed by atoms with Crippen LogP contribution in [0.3, 0.4) is 0 Å². The maximum absolute atomic E-state index is 11.6. The summed E-state index contributed by atoms with van der Waals surface area (Å²) >= 11 is 1.71. The molecule has 2 aliphatic rings. The molecule has 1 saturated heterocycles. The van der Waals surface area contributed by atoms with E-state index < -0.39 is 0 Å². The van der Waals surface area contributed by atoms with Gasteiger partial charge in [-0.2, -0.15) is 0 Å². The standard InChI is InChI=1S/C9H14N2OS/c1-7-2-4-11(8(12)6-7)9-10-3-5-13-9/h7H,2-6H2,1H3. The second-order valence-corrected chi connectivity index (χ2v) is 4.72. The highest BCUT2D eigenvalue weighted by atomic mass is 32.2. The molecule has 0 N–H and O–H groups in total. The van der Waals surface area contributed by atoms with Crippen molar-refractivity contribution >= 4 is 22.8 Å². The van der Waals surface area contributed by atoms with Gasteiger partial charge in [0.15, 0.2) is 5.17 Å². The lowest BCUT2D eigenvalue weighted by Crippen LogP contribution is -2.40. The van der Waals surface area contributed by atoms with E-state index in [0.717, 1.165) is 30.4 Å². The number of amides is 1. The minimum Gasteiger partial charge on any atom is -0.292 e. The van der Waals surface area contributed by atoms with Crippen molar-refractivity contribution in [3.63, 3.8) is 0 Å². The zero-order valence-electron chi connectivity index (χ0n) is 7.82. The zero-order chi connectivity index (χ0) is 9.26.